The summed E-state index contributed by atoms with van der Waals surface area (Å²) < 4.78 is 0.636. The number of nitrogens with zero attached hydrogens (tertiary/aromatic N) is 2. The van der Waals surface area contributed by atoms with E-state index >= 15 is 0 Å². The lowest BCUT2D eigenvalue weighted by Crippen LogP contribution is -2.17. The third-order valence-electron chi connectivity index (χ3n) is 1.23. The molecule has 1 aromatic heterocycles. The minimum atomic E-state index is -0.920. The van der Waals surface area contributed by atoms with Gasteiger partial charge in [0.05, 0.1) is 18.1 Å². The van der Waals surface area contributed by atoms with Crippen LogP contribution < -0.4 is 0 Å². The van der Waals surface area contributed by atoms with Gasteiger partial charge in [-0.2, -0.15) is 0 Å². The van der Waals surface area contributed by atoms with Gasteiger partial charge in [-0.05, 0) is 29.8 Å². The Morgan fingerprint density at radius 1 is 1.45 bits per heavy atom. The predicted molar refractivity (Wildman–Crippen MR) is 45.0 cm³/mol. The van der Waals surface area contributed by atoms with Crippen molar-refractivity contribution in [2.45, 2.75) is 19.4 Å². The Balaban J connectivity index is 3.06. The molecule has 0 aliphatic carbocycles. The van der Waals surface area contributed by atoms with Crippen LogP contribution in [0.5, 0.6) is 0 Å². The lowest BCUT2D eigenvalue weighted by molar-refractivity contribution is 0.0732. The fourth-order valence-corrected chi connectivity index (χ4v) is 0.946. The molecule has 0 fully saturated rings. The first-order valence-electron chi connectivity index (χ1n) is 3.20. The SMILES string of the molecule is CC(C)(O)c1cncc(Br)n1. The molecular weight excluding hydrogens is 208 g/mol. The maximum atomic E-state index is 9.49. The van der Waals surface area contributed by atoms with Crippen LogP contribution in [0.1, 0.15) is 19.5 Å². The Morgan fingerprint density at radius 2 is 2.09 bits per heavy atom. The second-order valence-electron chi connectivity index (χ2n) is 2.79. The fourth-order valence-electron chi connectivity index (χ4n) is 0.637. The number of hydrogen-bond acceptors (Lipinski definition) is 3. The van der Waals surface area contributed by atoms with Crippen LogP contribution >= 0.6 is 15.9 Å². The zero-order valence-electron chi connectivity index (χ0n) is 6.37. The van der Waals surface area contributed by atoms with Crippen molar-refractivity contribution in [2.75, 3.05) is 0 Å². The van der Waals surface area contributed by atoms with Gasteiger partial charge in [-0.1, -0.05) is 0 Å². The molecule has 60 valence electrons. The van der Waals surface area contributed by atoms with Gasteiger partial charge >= 0.3 is 0 Å². The Hall–Kier alpha value is -0.480. The van der Waals surface area contributed by atoms with E-state index in [4.69, 9.17) is 0 Å². The van der Waals surface area contributed by atoms with Gasteiger partial charge in [0, 0.05) is 0 Å². The summed E-state index contributed by atoms with van der Waals surface area (Å²) in [5.41, 5.74) is -0.358. The van der Waals surface area contributed by atoms with Gasteiger partial charge in [0.15, 0.2) is 0 Å². The quantitative estimate of drug-likeness (QED) is 0.774. The van der Waals surface area contributed by atoms with Gasteiger partial charge in [-0.25, -0.2) is 4.98 Å². The van der Waals surface area contributed by atoms with Gasteiger partial charge < -0.3 is 5.11 Å². The molecule has 0 saturated heterocycles. The topological polar surface area (TPSA) is 46.0 Å². The van der Waals surface area contributed by atoms with Crippen molar-refractivity contribution in [3.05, 3.63) is 22.7 Å². The molecule has 0 spiro atoms. The molecule has 1 N–H and O–H groups in total. The first-order chi connectivity index (χ1) is 5.00. The smallest absolute Gasteiger partial charge is 0.124 e. The van der Waals surface area contributed by atoms with Crippen molar-refractivity contribution in [3.63, 3.8) is 0 Å². The van der Waals surface area contributed by atoms with Crippen molar-refractivity contribution in [1.82, 2.24) is 9.97 Å². The largest absolute Gasteiger partial charge is 0.384 e. The Kier molecular flexibility index (Phi) is 2.25. The van der Waals surface area contributed by atoms with E-state index in [1.54, 1.807) is 26.2 Å². The zero-order chi connectivity index (χ0) is 8.48. The van der Waals surface area contributed by atoms with Gasteiger partial charge in [0.25, 0.3) is 0 Å². The highest BCUT2D eigenvalue weighted by atomic mass is 79.9. The normalized spacial score (nSPS) is 11.6. The van der Waals surface area contributed by atoms with Crippen LogP contribution in [0.15, 0.2) is 17.0 Å². The molecule has 0 radical (unpaired) electrons. The number of rotatable bonds is 1. The fraction of sp³-hybridized carbons (Fsp3) is 0.429. The third-order valence-corrected chi connectivity index (χ3v) is 1.61. The van der Waals surface area contributed by atoms with Crippen LogP contribution in [0.25, 0.3) is 0 Å². The molecule has 0 atom stereocenters. The maximum Gasteiger partial charge on any atom is 0.124 e. The summed E-state index contributed by atoms with van der Waals surface area (Å²) in [5.74, 6) is 0. The molecule has 3 nitrogen and oxygen atoms in total. The van der Waals surface area contributed by atoms with Crippen molar-refractivity contribution in [3.8, 4) is 0 Å². The summed E-state index contributed by atoms with van der Waals surface area (Å²) in [7, 11) is 0. The van der Waals surface area contributed by atoms with Crippen molar-refractivity contribution in [2.24, 2.45) is 0 Å². The van der Waals surface area contributed by atoms with Gasteiger partial charge in [0.1, 0.15) is 10.2 Å². The predicted octanol–water partition coefficient (Wildman–Crippen LogP) is 1.47. The molecule has 0 unspecified atom stereocenters. The molecule has 11 heavy (non-hydrogen) atoms. The van der Waals surface area contributed by atoms with E-state index in [0.717, 1.165) is 0 Å². The molecule has 0 amide bonds. The maximum absolute atomic E-state index is 9.49. The van der Waals surface area contributed by atoms with E-state index < -0.39 is 5.60 Å². The van der Waals surface area contributed by atoms with Crippen LogP contribution in [0.4, 0.5) is 0 Å². The van der Waals surface area contributed by atoms with E-state index in [1.807, 2.05) is 0 Å². The summed E-state index contributed by atoms with van der Waals surface area (Å²) in [4.78, 5) is 7.93. The Labute approximate surface area is 73.6 Å². The van der Waals surface area contributed by atoms with E-state index in [-0.39, 0.29) is 0 Å². The van der Waals surface area contributed by atoms with Crippen LogP contribution in [-0.4, -0.2) is 15.1 Å². The Morgan fingerprint density at radius 3 is 2.45 bits per heavy atom. The second kappa shape index (κ2) is 2.87. The molecule has 1 rings (SSSR count). The zero-order valence-corrected chi connectivity index (χ0v) is 7.96. The molecule has 0 saturated carbocycles. The second-order valence-corrected chi connectivity index (χ2v) is 3.60. The minimum Gasteiger partial charge on any atom is -0.384 e. The summed E-state index contributed by atoms with van der Waals surface area (Å²) in [6.07, 6.45) is 3.12. The molecule has 4 heteroatoms. The summed E-state index contributed by atoms with van der Waals surface area (Å²) >= 11 is 3.17. The van der Waals surface area contributed by atoms with Gasteiger partial charge in [0.2, 0.25) is 0 Å². The first kappa shape index (κ1) is 8.62. The van der Waals surface area contributed by atoms with Crippen LogP contribution in [-0.2, 0) is 5.60 Å². The summed E-state index contributed by atoms with van der Waals surface area (Å²) in [6, 6.07) is 0. The van der Waals surface area contributed by atoms with E-state index in [2.05, 4.69) is 25.9 Å². The lowest BCUT2D eigenvalue weighted by Gasteiger charge is -2.15. The molecule has 1 aromatic rings. The molecule has 0 aromatic carbocycles. The van der Waals surface area contributed by atoms with E-state index in [9.17, 15) is 5.11 Å². The number of halogens is 1. The Bertz CT molecular complexity index is 257. The summed E-state index contributed by atoms with van der Waals surface area (Å²) in [5, 5.41) is 9.49. The third kappa shape index (κ3) is 2.24. The highest BCUT2D eigenvalue weighted by molar-refractivity contribution is 9.10. The number of aliphatic hydroxyl groups is 1. The highest BCUT2D eigenvalue weighted by Gasteiger charge is 2.17. The molecule has 0 aliphatic heterocycles. The van der Waals surface area contributed by atoms with Crippen LogP contribution in [0.2, 0.25) is 0 Å². The van der Waals surface area contributed by atoms with Crippen molar-refractivity contribution < 1.29 is 5.11 Å². The minimum absolute atomic E-state index is 0.562. The van der Waals surface area contributed by atoms with E-state index in [0.29, 0.717) is 10.3 Å². The van der Waals surface area contributed by atoms with E-state index in [1.165, 1.54) is 0 Å². The summed E-state index contributed by atoms with van der Waals surface area (Å²) in [6.45, 7) is 3.34. The average molecular weight is 217 g/mol. The van der Waals surface area contributed by atoms with Crippen molar-refractivity contribution >= 4 is 15.9 Å². The first-order valence-corrected chi connectivity index (χ1v) is 4.00. The lowest BCUT2D eigenvalue weighted by atomic mass is 10.1. The molecule has 0 bridgehead atoms. The standard InChI is InChI=1S/C7H9BrN2O/c1-7(2,11)5-3-9-4-6(8)10-5/h3-4,11H,1-2H3. The number of hydrogen-bond donors (Lipinski definition) is 1. The van der Waals surface area contributed by atoms with Gasteiger partial charge in [-0.3, -0.25) is 4.98 Å². The van der Waals surface area contributed by atoms with Gasteiger partial charge in [-0.15, -0.1) is 0 Å². The number of aromatic nitrogens is 2. The van der Waals surface area contributed by atoms with Crippen LogP contribution in [0.3, 0.4) is 0 Å². The molecular formula is C7H9BrN2O. The molecule has 0 aliphatic rings. The van der Waals surface area contributed by atoms with Crippen molar-refractivity contribution in [1.29, 1.82) is 0 Å². The monoisotopic (exact) mass is 216 g/mol. The van der Waals surface area contributed by atoms with Crippen LogP contribution in [0, 0.1) is 0 Å². The molecule has 1 heterocycles. The average Bonchev–Trinajstić information content (AvgIpc) is 1.86. The highest BCUT2D eigenvalue weighted by Crippen LogP contribution is 2.17.